The minimum absolute atomic E-state index is 0.00605. The summed E-state index contributed by atoms with van der Waals surface area (Å²) in [5, 5.41) is 13.1. The third-order valence-electron chi connectivity index (χ3n) is 4.88. The van der Waals surface area contributed by atoms with Crippen LogP contribution in [0.25, 0.3) is 0 Å². The molecule has 1 aromatic carbocycles. The van der Waals surface area contributed by atoms with Crippen molar-refractivity contribution in [3.63, 3.8) is 0 Å². The Balaban J connectivity index is 2.17. The first-order valence-corrected chi connectivity index (χ1v) is 8.75. The van der Waals surface area contributed by atoms with Gasteiger partial charge in [0.1, 0.15) is 0 Å². The molecule has 136 valence electrons. The zero-order chi connectivity index (χ0) is 18.6. The molecule has 0 spiro atoms. The van der Waals surface area contributed by atoms with Crippen molar-refractivity contribution in [1.82, 2.24) is 10.2 Å². The van der Waals surface area contributed by atoms with Crippen LogP contribution in [0.1, 0.15) is 38.7 Å². The van der Waals surface area contributed by atoms with Crippen LogP contribution in [0, 0.1) is 5.92 Å². The number of carbonyl (C=O) groups is 3. The summed E-state index contributed by atoms with van der Waals surface area (Å²) < 4.78 is 0. The molecule has 0 aliphatic carbocycles. The van der Waals surface area contributed by atoms with E-state index in [2.05, 4.69) is 5.32 Å². The SMILES string of the molecule is CCC(NC(=O)C1CCN(C(C)=O)CC1)(C(=O)O)c1ccc(Cl)cc1. The first-order valence-electron chi connectivity index (χ1n) is 8.37. The van der Waals surface area contributed by atoms with Gasteiger partial charge < -0.3 is 15.3 Å². The first-order chi connectivity index (χ1) is 11.8. The summed E-state index contributed by atoms with van der Waals surface area (Å²) >= 11 is 5.88. The van der Waals surface area contributed by atoms with Gasteiger partial charge in [-0.15, -0.1) is 0 Å². The van der Waals surface area contributed by atoms with Gasteiger partial charge in [-0.3, -0.25) is 9.59 Å². The molecule has 1 saturated heterocycles. The Labute approximate surface area is 152 Å². The van der Waals surface area contributed by atoms with Crippen LogP contribution in [-0.2, 0) is 19.9 Å². The van der Waals surface area contributed by atoms with Crippen molar-refractivity contribution >= 4 is 29.4 Å². The van der Waals surface area contributed by atoms with Crippen LogP contribution in [0.4, 0.5) is 0 Å². The summed E-state index contributed by atoms with van der Waals surface area (Å²) in [4.78, 5) is 37.8. The number of rotatable bonds is 5. The van der Waals surface area contributed by atoms with Gasteiger partial charge in [-0.05, 0) is 37.0 Å². The van der Waals surface area contributed by atoms with E-state index in [1.807, 2.05) is 0 Å². The van der Waals surface area contributed by atoms with Crippen molar-refractivity contribution < 1.29 is 19.5 Å². The summed E-state index contributed by atoms with van der Waals surface area (Å²) in [7, 11) is 0. The van der Waals surface area contributed by atoms with Crippen molar-refractivity contribution in [2.45, 2.75) is 38.6 Å². The lowest BCUT2D eigenvalue weighted by atomic mass is 9.85. The maximum Gasteiger partial charge on any atom is 0.334 e. The highest BCUT2D eigenvalue weighted by Gasteiger charge is 2.42. The smallest absolute Gasteiger partial charge is 0.334 e. The minimum Gasteiger partial charge on any atom is -0.479 e. The van der Waals surface area contributed by atoms with Gasteiger partial charge in [-0.25, -0.2) is 4.79 Å². The number of halogens is 1. The molecule has 0 aromatic heterocycles. The number of carboxylic acid groups (broad SMARTS) is 1. The number of likely N-dealkylation sites (tertiary alicyclic amines) is 1. The van der Waals surface area contributed by atoms with E-state index in [-0.39, 0.29) is 24.2 Å². The van der Waals surface area contributed by atoms with Crippen LogP contribution in [-0.4, -0.2) is 40.9 Å². The van der Waals surface area contributed by atoms with E-state index >= 15 is 0 Å². The fourth-order valence-corrected chi connectivity index (χ4v) is 3.32. The van der Waals surface area contributed by atoms with Crippen molar-refractivity contribution in [2.75, 3.05) is 13.1 Å². The number of nitrogens with one attached hydrogen (secondary N) is 1. The average Bonchev–Trinajstić information content (AvgIpc) is 2.60. The third-order valence-corrected chi connectivity index (χ3v) is 5.13. The van der Waals surface area contributed by atoms with Crippen molar-refractivity contribution in [3.05, 3.63) is 34.9 Å². The molecule has 1 unspecified atom stereocenters. The van der Waals surface area contributed by atoms with Crippen LogP contribution in [0.2, 0.25) is 5.02 Å². The van der Waals surface area contributed by atoms with E-state index in [0.717, 1.165) is 0 Å². The predicted molar refractivity (Wildman–Crippen MR) is 94.2 cm³/mol. The van der Waals surface area contributed by atoms with Crippen LogP contribution in [0.3, 0.4) is 0 Å². The van der Waals surface area contributed by atoms with E-state index in [9.17, 15) is 19.5 Å². The number of amides is 2. The van der Waals surface area contributed by atoms with Crippen LogP contribution in [0.5, 0.6) is 0 Å². The first kappa shape index (κ1) is 19.2. The quantitative estimate of drug-likeness (QED) is 0.837. The second-order valence-electron chi connectivity index (χ2n) is 6.34. The summed E-state index contributed by atoms with van der Waals surface area (Å²) in [6.07, 6.45) is 1.28. The molecule has 1 aromatic rings. The van der Waals surface area contributed by atoms with Crippen molar-refractivity contribution in [2.24, 2.45) is 5.92 Å². The molecular formula is C18H23ClN2O4. The van der Waals surface area contributed by atoms with Crippen molar-refractivity contribution in [1.29, 1.82) is 0 Å². The van der Waals surface area contributed by atoms with Crippen molar-refractivity contribution in [3.8, 4) is 0 Å². The van der Waals surface area contributed by atoms with E-state index in [1.165, 1.54) is 6.92 Å². The fourth-order valence-electron chi connectivity index (χ4n) is 3.20. The van der Waals surface area contributed by atoms with Gasteiger partial charge in [0.05, 0.1) is 0 Å². The lowest BCUT2D eigenvalue weighted by Crippen LogP contribution is -2.54. The summed E-state index contributed by atoms with van der Waals surface area (Å²) in [6, 6.07) is 6.47. The Morgan fingerprint density at radius 3 is 2.24 bits per heavy atom. The Hall–Kier alpha value is -2.08. The average molecular weight is 367 g/mol. The highest BCUT2D eigenvalue weighted by molar-refractivity contribution is 6.30. The summed E-state index contributed by atoms with van der Waals surface area (Å²) in [5.74, 6) is -1.70. The van der Waals surface area contributed by atoms with Crippen LogP contribution < -0.4 is 5.32 Å². The molecule has 7 heteroatoms. The molecule has 1 aliphatic heterocycles. The molecule has 2 rings (SSSR count). The number of hydrogen-bond donors (Lipinski definition) is 2. The van der Waals surface area contributed by atoms with Gasteiger partial charge >= 0.3 is 5.97 Å². The number of benzene rings is 1. The number of aliphatic carboxylic acids is 1. The molecule has 2 N–H and O–H groups in total. The lowest BCUT2D eigenvalue weighted by molar-refractivity contribution is -0.149. The summed E-state index contributed by atoms with van der Waals surface area (Å²) in [5.41, 5.74) is -0.999. The monoisotopic (exact) mass is 366 g/mol. The van der Waals surface area contributed by atoms with Crippen LogP contribution in [0.15, 0.2) is 24.3 Å². The standard InChI is InChI=1S/C18H23ClN2O4/c1-3-18(17(24)25,14-4-6-15(19)7-5-14)20-16(23)13-8-10-21(11-9-13)12(2)22/h4-7,13H,3,8-11H2,1-2H3,(H,20,23)(H,24,25). The molecule has 2 amide bonds. The van der Waals surface area contributed by atoms with Gasteiger partial charge in [0.25, 0.3) is 0 Å². The molecule has 0 saturated carbocycles. The molecule has 6 nitrogen and oxygen atoms in total. The predicted octanol–water partition coefficient (Wildman–Crippen LogP) is 2.40. The molecule has 25 heavy (non-hydrogen) atoms. The minimum atomic E-state index is -1.49. The van der Waals surface area contributed by atoms with E-state index in [0.29, 0.717) is 36.5 Å². The Kier molecular flexibility index (Phi) is 6.06. The molecular weight excluding hydrogens is 344 g/mol. The van der Waals surface area contributed by atoms with E-state index < -0.39 is 11.5 Å². The Morgan fingerprint density at radius 2 is 1.80 bits per heavy atom. The molecule has 1 atom stereocenters. The number of carboxylic acids is 1. The number of piperidine rings is 1. The molecule has 1 aliphatic rings. The Bertz CT molecular complexity index is 654. The molecule has 0 radical (unpaired) electrons. The zero-order valence-corrected chi connectivity index (χ0v) is 15.2. The largest absolute Gasteiger partial charge is 0.479 e. The highest BCUT2D eigenvalue weighted by atomic mass is 35.5. The summed E-state index contributed by atoms with van der Waals surface area (Å²) in [6.45, 7) is 4.26. The van der Waals surface area contributed by atoms with Gasteiger partial charge in [-0.1, -0.05) is 30.7 Å². The zero-order valence-electron chi connectivity index (χ0n) is 14.4. The topological polar surface area (TPSA) is 86.7 Å². The van der Waals surface area contributed by atoms with Gasteiger partial charge in [0, 0.05) is 31.0 Å². The molecule has 1 heterocycles. The van der Waals surface area contributed by atoms with Gasteiger partial charge in [0.15, 0.2) is 5.54 Å². The fraction of sp³-hybridized carbons (Fsp3) is 0.500. The molecule has 1 fully saturated rings. The number of nitrogens with zero attached hydrogens (tertiary/aromatic N) is 1. The Morgan fingerprint density at radius 1 is 1.24 bits per heavy atom. The normalized spacial score (nSPS) is 17.6. The second-order valence-corrected chi connectivity index (χ2v) is 6.78. The third kappa shape index (κ3) is 4.12. The maximum atomic E-state index is 12.7. The van der Waals surface area contributed by atoms with E-state index in [1.54, 1.807) is 36.1 Å². The molecule has 0 bridgehead atoms. The van der Waals surface area contributed by atoms with E-state index in [4.69, 9.17) is 11.6 Å². The van der Waals surface area contributed by atoms with Gasteiger partial charge in [0.2, 0.25) is 11.8 Å². The van der Waals surface area contributed by atoms with Gasteiger partial charge in [-0.2, -0.15) is 0 Å². The maximum absolute atomic E-state index is 12.7. The number of carbonyl (C=O) groups excluding carboxylic acids is 2. The lowest BCUT2D eigenvalue weighted by Gasteiger charge is -2.35. The highest BCUT2D eigenvalue weighted by Crippen LogP contribution is 2.28. The van der Waals surface area contributed by atoms with Crippen LogP contribution >= 0.6 is 11.6 Å². The number of hydrogen-bond acceptors (Lipinski definition) is 3. The second kappa shape index (κ2) is 7.87.